The van der Waals surface area contributed by atoms with Crippen LogP contribution in [0.5, 0.6) is 0 Å². The second kappa shape index (κ2) is 5.77. The molecule has 4 nitrogen and oxygen atoms in total. The number of hydrogen-bond donors (Lipinski definition) is 2. The number of halogens is 2. The van der Waals surface area contributed by atoms with E-state index in [9.17, 15) is 4.79 Å². The molecule has 66 valence electrons. The van der Waals surface area contributed by atoms with E-state index in [1.54, 1.807) is 0 Å². The molecule has 0 aliphatic carbocycles. The summed E-state index contributed by atoms with van der Waals surface area (Å²) in [6.45, 7) is 0.474. The van der Waals surface area contributed by atoms with Crippen molar-refractivity contribution in [2.45, 2.75) is 18.9 Å². The molecule has 6 heteroatoms. The van der Waals surface area contributed by atoms with Crippen LogP contribution < -0.4 is 5.73 Å². The molecule has 0 aromatic rings. The van der Waals surface area contributed by atoms with E-state index in [0.717, 1.165) is 3.45 Å². The fourth-order valence-corrected chi connectivity index (χ4v) is 1.18. The highest BCUT2D eigenvalue weighted by molar-refractivity contribution is 9.08. The van der Waals surface area contributed by atoms with E-state index in [4.69, 9.17) is 22.6 Å². The monoisotopic (exact) mass is 244 g/mol. The van der Waals surface area contributed by atoms with Crippen LogP contribution in [0.3, 0.4) is 0 Å². The third-order valence-corrected chi connectivity index (χ3v) is 1.93. The van der Waals surface area contributed by atoms with Crippen LogP contribution in [0.2, 0.25) is 0 Å². The van der Waals surface area contributed by atoms with Gasteiger partial charge in [0.05, 0.1) is 0 Å². The Bertz CT molecular complexity index is 134. The van der Waals surface area contributed by atoms with Crippen LogP contribution in [0, 0.1) is 0 Å². The Morgan fingerprint density at radius 2 is 2.36 bits per heavy atom. The molecule has 0 saturated carbocycles. The van der Waals surface area contributed by atoms with E-state index in [0.29, 0.717) is 19.4 Å². The van der Waals surface area contributed by atoms with Crippen molar-refractivity contribution < 1.29 is 9.90 Å². The second-order valence-corrected chi connectivity index (χ2v) is 3.58. The lowest BCUT2D eigenvalue weighted by atomic mass is 10.2. The van der Waals surface area contributed by atoms with Crippen LogP contribution in [0.15, 0.2) is 0 Å². The molecule has 0 saturated heterocycles. The van der Waals surface area contributed by atoms with Crippen LogP contribution >= 0.6 is 27.9 Å². The summed E-state index contributed by atoms with van der Waals surface area (Å²) < 4.78 is 0.977. The van der Waals surface area contributed by atoms with Crippen molar-refractivity contribution in [1.82, 2.24) is 3.45 Å². The van der Waals surface area contributed by atoms with E-state index >= 15 is 0 Å². The van der Waals surface area contributed by atoms with Crippen LogP contribution in [-0.2, 0) is 4.79 Å². The van der Waals surface area contributed by atoms with Gasteiger partial charge in [0.15, 0.2) is 0 Å². The van der Waals surface area contributed by atoms with Crippen molar-refractivity contribution in [3.8, 4) is 0 Å². The first-order valence-corrected chi connectivity index (χ1v) is 4.18. The third kappa shape index (κ3) is 4.58. The van der Waals surface area contributed by atoms with Gasteiger partial charge in [0.25, 0.3) is 0 Å². The molecular formula is C5H10BrClN2O2. The molecule has 0 aromatic heterocycles. The summed E-state index contributed by atoms with van der Waals surface area (Å²) in [7, 11) is 0. The van der Waals surface area contributed by atoms with Crippen molar-refractivity contribution in [3.63, 3.8) is 0 Å². The average Bonchev–Trinajstić information content (AvgIpc) is 1.87. The first-order valence-electron chi connectivity index (χ1n) is 3.13. The highest BCUT2D eigenvalue weighted by Crippen LogP contribution is 2.14. The maximum Gasteiger partial charge on any atom is 0.323 e. The van der Waals surface area contributed by atoms with Crippen LogP contribution in [0.25, 0.3) is 0 Å². The van der Waals surface area contributed by atoms with Gasteiger partial charge < -0.3 is 10.8 Å². The molecule has 1 atom stereocenters. The van der Waals surface area contributed by atoms with Gasteiger partial charge in [0.1, 0.15) is 6.04 Å². The number of nitrogens with zero attached hydrogens (tertiary/aromatic N) is 1. The zero-order valence-corrected chi connectivity index (χ0v) is 8.18. The third-order valence-electron chi connectivity index (χ3n) is 1.20. The summed E-state index contributed by atoms with van der Waals surface area (Å²) in [5, 5.41) is 8.57. The quantitative estimate of drug-likeness (QED) is 0.708. The number of nitrogens with two attached hydrogens (primary N) is 1. The SMILES string of the molecule is NCCC[C@@H](C(=O)O)N(Cl)Br. The molecule has 0 unspecified atom stereocenters. The summed E-state index contributed by atoms with van der Waals surface area (Å²) in [4.78, 5) is 10.4. The van der Waals surface area contributed by atoms with Crippen LogP contribution in [-0.4, -0.2) is 27.1 Å². The molecule has 0 amide bonds. The Kier molecular flexibility index (Phi) is 5.85. The van der Waals surface area contributed by atoms with Gasteiger partial charge in [-0.05, 0) is 31.2 Å². The fourth-order valence-electron chi connectivity index (χ4n) is 0.616. The molecule has 3 N–H and O–H groups in total. The van der Waals surface area contributed by atoms with Gasteiger partial charge >= 0.3 is 5.97 Å². The minimum Gasteiger partial charge on any atom is -0.480 e. The molecule has 0 fully saturated rings. The van der Waals surface area contributed by atoms with Crippen molar-refractivity contribution in [3.05, 3.63) is 0 Å². The minimum absolute atomic E-state index is 0.445. The van der Waals surface area contributed by atoms with Crippen LogP contribution in [0.1, 0.15) is 12.8 Å². The van der Waals surface area contributed by atoms with Gasteiger partial charge in [-0.2, -0.15) is 0 Å². The topological polar surface area (TPSA) is 66.6 Å². The number of rotatable bonds is 5. The molecule has 0 spiro atoms. The zero-order valence-electron chi connectivity index (χ0n) is 5.83. The molecule has 0 aliphatic heterocycles. The number of carboxylic acid groups (broad SMARTS) is 1. The molecule has 0 aliphatic rings. The first-order chi connectivity index (χ1) is 5.09. The summed E-state index contributed by atoms with van der Waals surface area (Å²) in [6.07, 6.45) is 1.09. The Morgan fingerprint density at radius 1 is 1.82 bits per heavy atom. The van der Waals surface area contributed by atoms with Gasteiger partial charge in [-0.15, -0.1) is 3.45 Å². The van der Waals surface area contributed by atoms with Crippen LogP contribution in [0.4, 0.5) is 0 Å². The predicted molar refractivity (Wildman–Crippen MR) is 46.3 cm³/mol. The van der Waals surface area contributed by atoms with Gasteiger partial charge in [0, 0.05) is 16.1 Å². The maximum absolute atomic E-state index is 10.4. The Labute approximate surface area is 78.7 Å². The number of carboxylic acids is 1. The molecule has 0 rings (SSSR count). The molecule has 0 bridgehead atoms. The van der Waals surface area contributed by atoms with Gasteiger partial charge in [-0.1, -0.05) is 0 Å². The highest BCUT2D eigenvalue weighted by atomic mass is 79.9. The lowest BCUT2D eigenvalue weighted by Gasteiger charge is -2.13. The average molecular weight is 246 g/mol. The molecule has 0 aromatic carbocycles. The largest absolute Gasteiger partial charge is 0.480 e. The Hall–Kier alpha value is 0.160. The summed E-state index contributed by atoms with van der Waals surface area (Å²) >= 11 is 8.25. The van der Waals surface area contributed by atoms with E-state index in [1.807, 2.05) is 0 Å². The number of hydrogen-bond acceptors (Lipinski definition) is 3. The van der Waals surface area contributed by atoms with Gasteiger partial charge in [0.2, 0.25) is 0 Å². The summed E-state index contributed by atoms with van der Waals surface area (Å²) in [5.74, 6) is -0.953. The minimum atomic E-state index is -0.953. The van der Waals surface area contributed by atoms with E-state index in [2.05, 4.69) is 16.1 Å². The maximum atomic E-state index is 10.4. The lowest BCUT2D eigenvalue weighted by molar-refractivity contribution is -0.140. The normalized spacial score (nSPS) is 13.5. The lowest BCUT2D eigenvalue weighted by Crippen LogP contribution is -2.29. The smallest absolute Gasteiger partial charge is 0.323 e. The molecular weight excluding hydrogens is 235 g/mol. The molecule has 0 radical (unpaired) electrons. The standard InChI is InChI=1S/C5H10BrClN2O2/c6-9(7)4(5(10)11)2-1-3-8/h4H,1-3,8H2,(H,10,11)/t4-/m0/s1. The highest BCUT2D eigenvalue weighted by Gasteiger charge is 2.21. The number of aliphatic carboxylic acids is 1. The predicted octanol–water partition coefficient (Wildman–Crippen LogP) is 0.944. The van der Waals surface area contributed by atoms with E-state index in [-0.39, 0.29) is 0 Å². The molecule has 11 heavy (non-hydrogen) atoms. The van der Waals surface area contributed by atoms with Gasteiger partial charge in [-0.3, -0.25) is 4.79 Å². The zero-order chi connectivity index (χ0) is 8.85. The summed E-state index contributed by atoms with van der Waals surface area (Å²) in [5.41, 5.74) is 5.21. The fraction of sp³-hybridized carbons (Fsp3) is 0.800. The van der Waals surface area contributed by atoms with Crippen molar-refractivity contribution >= 4 is 33.9 Å². The first kappa shape index (κ1) is 11.2. The second-order valence-electron chi connectivity index (χ2n) is 2.04. The Morgan fingerprint density at radius 3 is 2.64 bits per heavy atom. The van der Waals surface area contributed by atoms with Crippen molar-refractivity contribution in [1.29, 1.82) is 0 Å². The van der Waals surface area contributed by atoms with E-state index < -0.39 is 12.0 Å². The van der Waals surface area contributed by atoms with Crippen molar-refractivity contribution in [2.24, 2.45) is 5.73 Å². The van der Waals surface area contributed by atoms with E-state index in [1.165, 1.54) is 0 Å². The molecule has 0 heterocycles. The van der Waals surface area contributed by atoms with Gasteiger partial charge in [-0.25, -0.2) is 0 Å². The Balaban J connectivity index is 3.80. The van der Waals surface area contributed by atoms with Crippen molar-refractivity contribution in [2.75, 3.05) is 6.54 Å². The number of carbonyl (C=O) groups is 1. The summed E-state index contributed by atoms with van der Waals surface area (Å²) in [6, 6.07) is -0.708.